The van der Waals surface area contributed by atoms with E-state index in [0.717, 1.165) is 38.1 Å². The number of fused-ring (bicyclic) bond motifs is 3. The van der Waals surface area contributed by atoms with E-state index in [1.54, 1.807) is 10.5 Å². The predicted octanol–water partition coefficient (Wildman–Crippen LogP) is 0.766. The topological polar surface area (TPSA) is 67.2 Å². The maximum atomic E-state index is 12.9. The Hall–Kier alpha value is -0.630. The largest absolute Gasteiger partial charge is 0.318 e. The Morgan fingerprint density at radius 1 is 1.19 bits per heavy atom. The van der Waals surface area contributed by atoms with Crippen LogP contribution in [-0.4, -0.2) is 47.4 Å². The smallest absolute Gasteiger partial charge is 0.260 e. The van der Waals surface area contributed by atoms with Gasteiger partial charge in [-0.05, 0) is 19.3 Å². The number of rotatable bonds is 2. The quantitative estimate of drug-likeness (QED) is 0.868. The van der Waals surface area contributed by atoms with Gasteiger partial charge in [0.15, 0.2) is 5.03 Å². The van der Waals surface area contributed by atoms with Gasteiger partial charge in [-0.25, -0.2) is 13.4 Å². The minimum atomic E-state index is -3.39. The summed E-state index contributed by atoms with van der Waals surface area (Å²) in [5.74, 6) is 0.916. The lowest BCUT2D eigenvalue weighted by Gasteiger charge is -2.41. The molecule has 1 N–H and O–H groups in total. The molecule has 2 saturated heterocycles. The number of aromatic nitrogens is 2. The van der Waals surface area contributed by atoms with Crippen LogP contribution in [0.25, 0.3) is 0 Å². The average Bonchev–Trinajstić information content (AvgIpc) is 3.00. The van der Waals surface area contributed by atoms with Crippen LogP contribution in [0.15, 0.2) is 11.2 Å². The van der Waals surface area contributed by atoms with Gasteiger partial charge in [0.2, 0.25) is 0 Å². The Morgan fingerprint density at radius 2 is 1.90 bits per heavy atom. The van der Waals surface area contributed by atoms with Crippen molar-refractivity contribution in [1.82, 2.24) is 19.2 Å². The number of piperazine rings is 1. The molecule has 2 fully saturated rings. The van der Waals surface area contributed by atoms with Gasteiger partial charge in [-0.1, -0.05) is 6.42 Å². The summed E-state index contributed by atoms with van der Waals surface area (Å²) in [6.07, 6.45) is 6.79. The Morgan fingerprint density at radius 3 is 2.62 bits per heavy atom. The van der Waals surface area contributed by atoms with Crippen LogP contribution >= 0.6 is 12.4 Å². The van der Waals surface area contributed by atoms with Gasteiger partial charge >= 0.3 is 0 Å². The van der Waals surface area contributed by atoms with E-state index in [9.17, 15) is 8.42 Å². The van der Waals surface area contributed by atoms with Crippen molar-refractivity contribution in [2.45, 2.75) is 55.8 Å². The van der Waals surface area contributed by atoms with Crippen LogP contribution in [0.1, 0.15) is 31.5 Å². The summed E-state index contributed by atoms with van der Waals surface area (Å²) in [4.78, 5) is 4.27. The van der Waals surface area contributed by atoms with Gasteiger partial charge < -0.3 is 9.88 Å². The zero-order valence-electron chi connectivity index (χ0n) is 11.9. The summed E-state index contributed by atoms with van der Waals surface area (Å²) < 4.78 is 29.3. The normalized spacial score (nSPS) is 29.0. The lowest BCUT2D eigenvalue weighted by molar-refractivity contribution is 0.190. The van der Waals surface area contributed by atoms with Gasteiger partial charge in [-0.15, -0.1) is 12.4 Å². The average molecular weight is 333 g/mol. The second-order valence-electron chi connectivity index (χ2n) is 6.08. The fourth-order valence-electron chi connectivity index (χ4n) is 3.73. The van der Waals surface area contributed by atoms with Crippen molar-refractivity contribution < 1.29 is 8.42 Å². The number of nitrogens with zero attached hydrogens (tertiary/aromatic N) is 3. The first-order valence-corrected chi connectivity index (χ1v) is 8.89. The fraction of sp³-hybridized carbons (Fsp3) is 0.769. The van der Waals surface area contributed by atoms with E-state index >= 15 is 0 Å². The molecule has 0 amide bonds. The highest BCUT2D eigenvalue weighted by molar-refractivity contribution is 7.89. The second-order valence-corrected chi connectivity index (χ2v) is 7.97. The van der Waals surface area contributed by atoms with E-state index in [-0.39, 0.29) is 12.4 Å². The van der Waals surface area contributed by atoms with Gasteiger partial charge in [0.25, 0.3) is 10.0 Å². The number of sulfonamides is 1. The first-order valence-electron chi connectivity index (χ1n) is 7.45. The first-order chi connectivity index (χ1) is 9.64. The number of aryl methyl sites for hydroxylation is 1. The molecule has 2 bridgehead atoms. The van der Waals surface area contributed by atoms with Gasteiger partial charge in [-0.3, -0.25) is 0 Å². The molecule has 6 nitrogen and oxygen atoms in total. The minimum Gasteiger partial charge on any atom is -0.318 e. The third kappa shape index (κ3) is 2.50. The Labute approximate surface area is 131 Å². The summed E-state index contributed by atoms with van der Waals surface area (Å²) in [6.45, 7) is 1.97. The zero-order chi connectivity index (χ0) is 13.7. The van der Waals surface area contributed by atoms with Crippen LogP contribution in [0.2, 0.25) is 0 Å². The van der Waals surface area contributed by atoms with Crippen molar-refractivity contribution in [1.29, 1.82) is 0 Å². The monoisotopic (exact) mass is 332 g/mol. The van der Waals surface area contributed by atoms with Crippen molar-refractivity contribution in [3.05, 3.63) is 12.0 Å². The SMILES string of the molecule is Cl.O=S(=O)(c1cnc2n1CCC2)N1CC2CCCC(C1)N2. The molecular formula is C13H21ClN4O2S. The number of halogens is 1. The van der Waals surface area contributed by atoms with Gasteiger partial charge in [0.05, 0.1) is 6.20 Å². The third-order valence-electron chi connectivity index (χ3n) is 4.71. The molecule has 1 aromatic heterocycles. The van der Waals surface area contributed by atoms with Crippen molar-refractivity contribution >= 4 is 22.4 Å². The van der Waals surface area contributed by atoms with Crippen LogP contribution in [0.3, 0.4) is 0 Å². The van der Waals surface area contributed by atoms with E-state index < -0.39 is 10.0 Å². The molecule has 0 spiro atoms. The molecule has 2 unspecified atom stereocenters. The number of piperidine rings is 1. The molecule has 1 aromatic rings. The van der Waals surface area contributed by atoms with Gasteiger partial charge in [0, 0.05) is 38.1 Å². The minimum absolute atomic E-state index is 0. The standard InChI is InChI=1S/C13H20N4O2S.ClH/c18-20(19,13-7-14-12-5-2-6-17(12)13)16-8-10-3-1-4-11(9-16)15-10;/h7,10-11,15H,1-6,8-9H2;1H. The molecule has 118 valence electrons. The summed E-state index contributed by atoms with van der Waals surface area (Å²) in [5.41, 5.74) is 0. The Balaban J connectivity index is 0.00000132. The molecule has 0 aliphatic carbocycles. The first kappa shape index (κ1) is 15.3. The summed E-state index contributed by atoms with van der Waals surface area (Å²) in [6, 6.07) is 0.636. The van der Waals surface area contributed by atoms with E-state index in [1.165, 1.54) is 6.42 Å². The van der Waals surface area contributed by atoms with E-state index in [1.807, 2.05) is 4.57 Å². The Bertz CT molecular complexity index is 618. The van der Waals surface area contributed by atoms with Crippen LogP contribution < -0.4 is 5.32 Å². The molecule has 3 aliphatic heterocycles. The Kier molecular flexibility index (Phi) is 4.02. The van der Waals surface area contributed by atoms with E-state index in [2.05, 4.69) is 10.3 Å². The molecule has 0 radical (unpaired) electrons. The molecule has 0 saturated carbocycles. The highest BCUT2D eigenvalue weighted by atomic mass is 35.5. The number of nitrogens with one attached hydrogen (secondary N) is 1. The highest BCUT2D eigenvalue weighted by Crippen LogP contribution is 2.27. The van der Waals surface area contributed by atoms with Crippen LogP contribution in [0.4, 0.5) is 0 Å². The molecule has 0 aromatic carbocycles. The zero-order valence-corrected chi connectivity index (χ0v) is 13.5. The lowest BCUT2D eigenvalue weighted by atomic mass is 9.96. The molecular weight excluding hydrogens is 312 g/mol. The predicted molar refractivity (Wildman–Crippen MR) is 81.1 cm³/mol. The number of imidazole rings is 1. The van der Waals surface area contributed by atoms with E-state index in [0.29, 0.717) is 30.2 Å². The fourth-order valence-corrected chi connectivity index (χ4v) is 5.41. The second kappa shape index (κ2) is 5.53. The van der Waals surface area contributed by atoms with Crippen molar-refractivity contribution in [3.8, 4) is 0 Å². The highest BCUT2D eigenvalue weighted by Gasteiger charge is 2.38. The molecule has 4 heterocycles. The summed E-state index contributed by atoms with van der Waals surface area (Å²) >= 11 is 0. The number of hydrogen-bond acceptors (Lipinski definition) is 4. The molecule has 8 heteroatoms. The molecule has 3 aliphatic rings. The maximum absolute atomic E-state index is 12.9. The van der Waals surface area contributed by atoms with Gasteiger partial charge in [-0.2, -0.15) is 4.31 Å². The van der Waals surface area contributed by atoms with Gasteiger partial charge in [0.1, 0.15) is 5.82 Å². The lowest BCUT2D eigenvalue weighted by Crippen LogP contribution is -2.59. The molecule has 4 rings (SSSR count). The third-order valence-corrected chi connectivity index (χ3v) is 6.54. The number of hydrogen-bond donors (Lipinski definition) is 1. The van der Waals surface area contributed by atoms with Crippen molar-refractivity contribution in [3.63, 3.8) is 0 Å². The molecule has 21 heavy (non-hydrogen) atoms. The van der Waals surface area contributed by atoms with Crippen LogP contribution in [0, 0.1) is 0 Å². The van der Waals surface area contributed by atoms with Crippen LogP contribution in [0.5, 0.6) is 0 Å². The molecule has 2 atom stereocenters. The maximum Gasteiger partial charge on any atom is 0.260 e. The summed E-state index contributed by atoms with van der Waals surface area (Å²) in [5, 5.41) is 3.92. The van der Waals surface area contributed by atoms with Crippen molar-refractivity contribution in [2.75, 3.05) is 13.1 Å². The van der Waals surface area contributed by atoms with E-state index in [4.69, 9.17) is 0 Å². The van der Waals surface area contributed by atoms with Crippen molar-refractivity contribution in [2.24, 2.45) is 0 Å². The van der Waals surface area contributed by atoms with Crippen LogP contribution in [-0.2, 0) is 23.0 Å². The summed E-state index contributed by atoms with van der Waals surface area (Å²) in [7, 11) is -3.39.